The summed E-state index contributed by atoms with van der Waals surface area (Å²) >= 11 is 0. The van der Waals surface area contributed by atoms with Gasteiger partial charge in [0, 0.05) is 32.2 Å². The standard InChI is InChI=1S/C13H22N4O2/c1-9(2)17-8-15-7-11(17)13-10(14)6-12(18)16(13)4-5-19-3/h7-10,13H,4-6,14H2,1-3H3. The number of likely N-dealkylation sites (tertiary alicyclic amines) is 1. The van der Waals surface area contributed by atoms with Gasteiger partial charge in [-0.2, -0.15) is 0 Å². The topological polar surface area (TPSA) is 73.4 Å². The van der Waals surface area contributed by atoms with Crippen LogP contribution in [0.15, 0.2) is 12.5 Å². The largest absolute Gasteiger partial charge is 0.383 e. The van der Waals surface area contributed by atoms with E-state index in [0.29, 0.717) is 25.6 Å². The molecule has 0 radical (unpaired) electrons. The van der Waals surface area contributed by atoms with E-state index in [1.165, 1.54) is 0 Å². The van der Waals surface area contributed by atoms with Crippen molar-refractivity contribution in [3.05, 3.63) is 18.2 Å². The summed E-state index contributed by atoms with van der Waals surface area (Å²) in [5.74, 6) is 0.0889. The Balaban J connectivity index is 2.28. The molecule has 1 fully saturated rings. The molecule has 0 bridgehead atoms. The molecule has 19 heavy (non-hydrogen) atoms. The predicted octanol–water partition coefficient (Wildman–Crippen LogP) is 0.711. The van der Waals surface area contributed by atoms with Gasteiger partial charge in [-0.05, 0) is 13.8 Å². The number of nitrogens with two attached hydrogens (primary N) is 1. The number of hydrogen-bond donors (Lipinski definition) is 1. The van der Waals surface area contributed by atoms with Crippen LogP contribution in [-0.2, 0) is 9.53 Å². The highest BCUT2D eigenvalue weighted by Gasteiger charge is 2.40. The van der Waals surface area contributed by atoms with Crippen molar-refractivity contribution < 1.29 is 9.53 Å². The fourth-order valence-corrected chi connectivity index (χ4v) is 2.62. The zero-order valence-corrected chi connectivity index (χ0v) is 11.7. The Morgan fingerprint density at radius 1 is 1.58 bits per heavy atom. The lowest BCUT2D eigenvalue weighted by Gasteiger charge is -2.28. The smallest absolute Gasteiger partial charge is 0.224 e. The molecule has 2 heterocycles. The average molecular weight is 266 g/mol. The van der Waals surface area contributed by atoms with Gasteiger partial charge in [-0.25, -0.2) is 4.98 Å². The first-order chi connectivity index (χ1) is 9.06. The Bertz CT molecular complexity index is 444. The minimum Gasteiger partial charge on any atom is -0.383 e. The lowest BCUT2D eigenvalue weighted by molar-refractivity contribution is -0.129. The highest BCUT2D eigenvalue weighted by molar-refractivity contribution is 5.80. The molecule has 106 valence electrons. The van der Waals surface area contributed by atoms with Crippen molar-refractivity contribution >= 4 is 5.91 Å². The Morgan fingerprint density at radius 2 is 2.32 bits per heavy atom. The number of methoxy groups -OCH3 is 1. The van der Waals surface area contributed by atoms with Crippen molar-refractivity contribution in [3.8, 4) is 0 Å². The van der Waals surface area contributed by atoms with Crippen molar-refractivity contribution in [3.63, 3.8) is 0 Å². The van der Waals surface area contributed by atoms with E-state index in [-0.39, 0.29) is 18.0 Å². The predicted molar refractivity (Wildman–Crippen MR) is 71.5 cm³/mol. The third-order valence-corrected chi connectivity index (χ3v) is 3.56. The second kappa shape index (κ2) is 5.71. The lowest BCUT2D eigenvalue weighted by atomic mass is 10.1. The molecule has 1 aromatic heterocycles. The second-order valence-corrected chi connectivity index (χ2v) is 5.21. The summed E-state index contributed by atoms with van der Waals surface area (Å²) < 4.78 is 7.15. The number of rotatable bonds is 5. The third kappa shape index (κ3) is 2.64. The Morgan fingerprint density at radius 3 is 2.95 bits per heavy atom. The molecule has 2 atom stereocenters. The fourth-order valence-electron chi connectivity index (χ4n) is 2.62. The van der Waals surface area contributed by atoms with Crippen LogP contribution in [0.25, 0.3) is 0 Å². The van der Waals surface area contributed by atoms with Gasteiger partial charge in [-0.3, -0.25) is 4.79 Å². The number of nitrogens with zero attached hydrogens (tertiary/aromatic N) is 3. The molecule has 0 spiro atoms. The number of aromatic nitrogens is 2. The SMILES string of the molecule is COCCN1C(=O)CC(N)C1c1cncn1C(C)C. The van der Waals surface area contributed by atoms with Gasteiger partial charge in [0.05, 0.1) is 30.9 Å². The number of hydrogen-bond acceptors (Lipinski definition) is 4. The van der Waals surface area contributed by atoms with E-state index in [1.54, 1.807) is 13.4 Å². The fraction of sp³-hybridized carbons (Fsp3) is 0.692. The lowest BCUT2D eigenvalue weighted by Crippen LogP contribution is -2.36. The third-order valence-electron chi connectivity index (χ3n) is 3.56. The normalized spacial score (nSPS) is 23.6. The van der Waals surface area contributed by atoms with Crippen LogP contribution in [0.1, 0.15) is 38.0 Å². The minimum atomic E-state index is -0.182. The molecule has 2 unspecified atom stereocenters. The molecule has 2 rings (SSSR count). The zero-order chi connectivity index (χ0) is 14.0. The van der Waals surface area contributed by atoms with E-state index >= 15 is 0 Å². The van der Waals surface area contributed by atoms with E-state index in [2.05, 4.69) is 23.4 Å². The molecule has 0 aliphatic carbocycles. The van der Waals surface area contributed by atoms with Crippen LogP contribution in [0.2, 0.25) is 0 Å². The number of ether oxygens (including phenoxy) is 1. The second-order valence-electron chi connectivity index (χ2n) is 5.21. The maximum Gasteiger partial charge on any atom is 0.224 e. The Hall–Kier alpha value is -1.40. The highest BCUT2D eigenvalue weighted by Crippen LogP contribution is 2.32. The quantitative estimate of drug-likeness (QED) is 0.852. The Kier molecular flexibility index (Phi) is 4.21. The summed E-state index contributed by atoms with van der Waals surface area (Å²) in [6.07, 6.45) is 3.99. The van der Waals surface area contributed by atoms with Crippen LogP contribution in [0.4, 0.5) is 0 Å². The van der Waals surface area contributed by atoms with Gasteiger partial charge >= 0.3 is 0 Å². The molecule has 0 aromatic carbocycles. The number of amides is 1. The molecule has 1 aliphatic heterocycles. The van der Waals surface area contributed by atoms with Crippen LogP contribution in [0, 0.1) is 0 Å². The molecule has 1 amide bonds. The molecule has 0 saturated carbocycles. The monoisotopic (exact) mass is 266 g/mol. The van der Waals surface area contributed by atoms with Gasteiger partial charge < -0.3 is 19.9 Å². The van der Waals surface area contributed by atoms with Gasteiger partial charge in [0.1, 0.15) is 0 Å². The van der Waals surface area contributed by atoms with Gasteiger partial charge in [0.2, 0.25) is 5.91 Å². The van der Waals surface area contributed by atoms with Gasteiger partial charge in [-0.1, -0.05) is 0 Å². The maximum atomic E-state index is 12.0. The zero-order valence-electron chi connectivity index (χ0n) is 11.7. The van der Waals surface area contributed by atoms with Crippen molar-refractivity contribution in [2.75, 3.05) is 20.3 Å². The highest BCUT2D eigenvalue weighted by atomic mass is 16.5. The number of carbonyl (C=O) groups is 1. The molecular formula is C13H22N4O2. The Labute approximate surface area is 113 Å². The van der Waals surface area contributed by atoms with E-state index in [0.717, 1.165) is 5.69 Å². The van der Waals surface area contributed by atoms with E-state index < -0.39 is 0 Å². The first-order valence-corrected chi connectivity index (χ1v) is 6.62. The van der Waals surface area contributed by atoms with Crippen LogP contribution < -0.4 is 5.73 Å². The summed E-state index contributed by atoms with van der Waals surface area (Å²) in [5.41, 5.74) is 7.15. The molecule has 1 aliphatic rings. The summed E-state index contributed by atoms with van der Waals surface area (Å²) in [6, 6.07) is 0.00998. The van der Waals surface area contributed by atoms with E-state index in [4.69, 9.17) is 10.5 Å². The van der Waals surface area contributed by atoms with Gasteiger partial charge in [0.15, 0.2) is 0 Å². The van der Waals surface area contributed by atoms with Crippen LogP contribution in [0.5, 0.6) is 0 Å². The molecular weight excluding hydrogens is 244 g/mol. The maximum absolute atomic E-state index is 12.0. The summed E-state index contributed by atoms with van der Waals surface area (Å²) in [7, 11) is 1.63. The van der Waals surface area contributed by atoms with Gasteiger partial charge in [0.25, 0.3) is 0 Å². The summed E-state index contributed by atoms with van der Waals surface area (Å²) in [6.45, 7) is 5.27. The number of imidazole rings is 1. The molecule has 6 heteroatoms. The number of carbonyl (C=O) groups excluding carboxylic acids is 1. The van der Waals surface area contributed by atoms with Crippen LogP contribution in [-0.4, -0.2) is 46.7 Å². The van der Waals surface area contributed by atoms with E-state index in [9.17, 15) is 4.79 Å². The molecule has 1 saturated heterocycles. The van der Waals surface area contributed by atoms with E-state index in [1.807, 2.05) is 11.1 Å². The van der Waals surface area contributed by atoms with Gasteiger partial charge in [-0.15, -0.1) is 0 Å². The summed E-state index contributed by atoms with van der Waals surface area (Å²) in [5, 5.41) is 0. The molecule has 2 N–H and O–H groups in total. The first-order valence-electron chi connectivity index (χ1n) is 6.62. The van der Waals surface area contributed by atoms with Crippen molar-refractivity contribution in [1.29, 1.82) is 0 Å². The van der Waals surface area contributed by atoms with Crippen molar-refractivity contribution in [2.24, 2.45) is 5.73 Å². The van der Waals surface area contributed by atoms with Crippen molar-refractivity contribution in [1.82, 2.24) is 14.5 Å². The average Bonchev–Trinajstić information content (AvgIpc) is 2.91. The summed E-state index contributed by atoms with van der Waals surface area (Å²) in [4.78, 5) is 18.0. The van der Waals surface area contributed by atoms with Crippen LogP contribution in [0.3, 0.4) is 0 Å². The minimum absolute atomic E-state index is 0.0889. The van der Waals surface area contributed by atoms with Crippen molar-refractivity contribution in [2.45, 2.75) is 38.4 Å². The molecule has 1 aromatic rings. The first kappa shape index (κ1) is 14.0. The molecule has 6 nitrogen and oxygen atoms in total. The van der Waals surface area contributed by atoms with Crippen LogP contribution >= 0.6 is 0 Å².